The molecule has 0 spiro atoms. The van der Waals surface area contributed by atoms with Gasteiger partial charge < -0.3 is 4.55 Å². The van der Waals surface area contributed by atoms with Crippen LogP contribution in [0, 0.1) is 0 Å². The standard InChI is InChI=1S/C7H5Cl2NOS/c8-6-4-12(9,11)7-5(6)2-1-3-10-7/h1-4,11H. The molecule has 2 heterocycles. The highest BCUT2D eigenvalue weighted by atomic mass is 35.7. The fraction of sp³-hybridized carbons (Fsp3) is 0. The molecule has 0 fully saturated rings. The Morgan fingerprint density at radius 3 is 2.92 bits per heavy atom. The summed E-state index contributed by atoms with van der Waals surface area (Å²) in [5.74, 6) is 0. The molecule has 1 aliphatic heterocycles. The molecule has 0 amide bonds. The van der Waals surface area contributed by atoms with Crippen molar-refractivity contribution in [1.82, 2.24) is 4.98 Å². The van der Waals surface area contributed by atoms with E-state index < -0.39 is 9.52 Å². The number of aromatic nitrogens is 1. The number of nitrogens with zero attached hydrogens (tertiary/aromatic N) is 1. The summed E-state index contributed by atoms with van der Waals surface area (Å²) in [6.07, 6.45) is 1.59. The average molecular weight is 222 g/mol. The molecule has 0 radical (unpaired) electrons. The normalized spacial score (nSPS) is 32.1. The van der Waals surface area contributed by atoms with E-state index >= 15 is 0 Å². The Kier molecular flexibility index (Phi) is 1.84. The monoisotopic (exact) mass is 221 g/mol. The van der Waals surface area contributed by atoms with E-state index in [0.29, 0.717) is 10.1 Å². The van der Waals surface area contributed by atoms with Crippen LogP contribution in [0.15, 0.2) is 28.8 Å². The van der Waals surface area contributed by atoms with Gasteiger partial charge in [0, 0.05) is 26.7 Å². The Bertz CT molecular complexity index is 364. The third-order valence-electron chi connectivity index (χ3n) is 1.56. The molecule has 1 aromatic rings. The minimum Gasteiger partial charge on any atom is -0.328 e. The minimum absolute atomic E-state index is 0.477. The van der Waals surface area contributed by atoms with Gasteiger partial charge in [-0.3, -0.25) is 0 Å². The zero-order valence-corrected chi connectivity index (χ0v) is 8.20. The first kappa shape index (κ1) is 8.38. The predicted molar refractivity (Wildman–Crippen MR) is 52.4 cm³/mol. The maximum atomic E-state index is 9.64. The van der Waals surface area contributed by atoms with Gasteiger partial charge in [0.2, 0.25) is 0 Å². The molecule has 0 saturated heterocycles. The molecule has 5 heteroatoms. The molecule has 1 unspecified atom stereocenters. The van der Waals surface area contributed by atoms with Gasteiger partial charge in [0.15, 0.2) is 0 Å². The largest absolute Gasteiger partial charge is 0.328 e. The van der Waals surface area contributed by atoms with E-state index in [1.807, 2.05) is 0 Å². The average Bonchev–Trinajstić information content (AvgIpc) is 2.25. The van der Waals surface area contributed by atoms with Crippen molar-refractivity contribution >= 4 is 36.8 Å². The lowest BCUT2D eigenvalue weighted by Crippen LogP contribution is -1.88. The van der Waals surface area contributed by atoms with Gasteiger partial charge in [-0.15, -0.1) is 0 Å². The van der Waals surface area contributed by atoms with Crippen LogP contribution < -0.4 is 0 Å². The summed E-state index contributed by atoms with van der Waals surface area (Å²) in [6.45, 7) is 0. The number of fused-ring (bicyclic) bond motifs is 1. The molecular formula is C7H5Cl2NOS. The van der Waals surface area contributed by atoms with Crippen LogP contribution >= 0.6 is 31.8 Å². The fourth-order valence-electron chi connectivity index (χ4n) is 1.06. The van der Waals surface area contributed by atoms with E-state index in [9.17, 15) is 4.55 Å². The third-order valence-corrected chi connectivity index (χ3v) is 4.12. The second kappa shape index (κ2) is 2.64. The number of hydrogen-bond acceptors (Lipinski definition) is 2. The summed E-state index contributed by atoms with van der Waals surface area (Å²) in [6, 6.07) is 3.54. The van der Waals surface area contributed by atoms with E-state index in [0.717, 1.165) is 5.56 Å². The van der Waals surface area contributed by atoms with Gasteiger partial charge in [0.1, 0.15) is 5.03 Å². The van der Waals surface area contributed by atoms with Crippen LogP contribution in [0.1, 0.15) is 5.56 Å². The fourth-order valence-corrected chi connectivity index (χ4v) is 3.63. The SMILES string of the molecule is OS1(Cl)C=C(Cl)c2cccnc21. The zero-order valence-electron chi connectivity index (χ0n) is 5.87. The van der Waals surface area contributed by atoms with Crippen molar-refractivity contribution in [2.24, 2.45) is 0 Å². The molecule has 0 bridgehead atoms. The van der Waals surface area contributed by atoms with Crippen LogP contribution in [0.4, 0.5) is 0 Å². The van der Waals surface area contributed by atoms with Gasteiger partial charge in [0.25, 0.3) is 0 Å². The lowest BCUT2D eigenvalue weighted by molar-refractivity contribution is 0.645. The summed E-state index contributed by atoms with van der Waals surface area (Å²) in [5.41, 5.74) is 0.728. The summed E-state index contributed by atoms with van der Waals surface area (Å²) in [4.78, 5) is 3.98. The first-order chi connectivity index (χ1) is 5.61. The molecule has 1 atom stereocenters. The first-order valence-corrected chi connectivity index (χ1v) is 6.05. The van der Waals surface area contributed by atoms with E-state index in [4.69, 9.17) is 22.3 Å². The van der Waals surface area contributed by atoms with Crippen molar-refractivity contribution < 1.29 is 4.55 Å². The van der Waals surface area contributed by atoms with Crippen molar-refractivity contribution in [2.45, 2.75) is 5.03 Å². The maximum absolute atomic E-state index is 9.64. The van der Waals surface area contributed by atoms with Crippen molar-refractivity contribution in [3.05, 3.63) is 29.3 Å². The Morgan fingerprint density at radius 1 is 1.50 bits per heavy atom. The Hall–Kier alpha value is -0.220. The summed E-state index contributed by atoms with van der Waals surface area (Å²) in [5, 5.41) is 2.41. The van der Waals surface area contributed by atoms with Crippen molar-refractivity contribution in [3.8, 4) is 0 Å². The van der Waals surface area contributed by atoms with Crippen molar-refractivity contribution in [2.75, 3.05) is 0 Å². The van der Waals surface area contributed by atoms with Crippen LogP contribution in [-0.4, -0.2) is 9.54 Å². The number of pyridine rings is 1. The smallest absolute Gasteiger partial charge is 0.127 e. The van der Waals surface area contributed by atoms with Crippen molar-refractivity contribution in [1.29, 1.82) is 0 Å². The molecule has 1 N–H and O–H groups in total. The Labute approximate surface area is 80.9 Å². The van der Waals surface area contributed by atoms with Gasteiger partial charge in [-0.2, -0.15) is 0 Å². The van der Waals surface area contributed by atoms with Gasteiger partial charge in [-0.25, -0.2) is 4.98 Å². The predicted octanol–water partition coefficient (Wildman–Crippen LogP) is 3.42. The summed E-state index contributed by atoms with van der Waals surface area (Å²) < 4.78 is 9.64. The van der Waals surface area contributed by atoms with E-state index in [1.165, 1.54) is 5.41 Å². The topological polar surface area (TPSA) is 33.1 Å². The molecule has 0 saturated carbocycles. The number of hydrogen-bond donors (Lipinski definition) is 1. The van der Waals surface area contributed by atoms with E-state index in [2.05, 4.69) is 4.98 Å². The zero-order chi connectivity index (χ0) is 8.77. The molecule has 0 aromatic carbocycles. The van der Waals surface area contributed by atoms with Crippen LogP contribution in [0.2, 0.25) is 0 Å². The van der Waals surface area contributed by atoms with Gasteiger partial charge in [-0.1, -0.05) is 11.6 Å². The molecule has 1 aromatic heterocycles. The minimum atomic E-state index is -2.39. The van der Waals surface area contributed by atoms with Crippen LogP contribution in [0.3, 0.4) is 0 Å². The van der Waals surface area contributed by atoms with E-state index in [1.54, 1.807) is 18.3 Å². The summed E-state index contributed by atoms with van der Waals surface area (Å²) >= 11 is 5.82. The third kappa shape index (κ3) is 1.13. The lowest BCUT2D eigenvalue weighted by atomic mass is 10.3. The second-order valence-corrected chi connectivity index (χ2v) is 5.91. The van der Waals surface area contributed by atoms with Gasteiger partial charge in [0.05, 0.1) is 5.03 Å². The maximum Gasteiger partial charge on any atom is 0.127 e. The molecule has 2 rings (SSSR count). The van der Waals surface area contributed by atoms with E-state index in [-0.39, 0.29) is 0 Å². The van der Waals surface area contributed by atoms with Crippen LogP contribution in [-0.2, 0) is 0 Å². The Morgan fingerprint density at radius 2 is 2.25 bits per heavy atom. The van der Waals surface area contributed by atoms with Gasteiger partial charge >= 0.3 is 0 Å². The highest BCUT2D eigenvalue weighted by molar-refractivity contribution is 8.49. The lowest BCUT2D eigenvalue weighted by Gasteiger charge is -2.16. The number of halogens is 2. The highest BCUT2D eigenvalue weighted by Crippen LogP contribution is 2.65. The molecular weight excluding hydrogens is 217 g/mol. The summed E-state index contributed by atoms with van der Waals surface area (Å²) in [7, 11) is 3.42. The molecule has 2 nitrogen and oxygen atoms in total. The molecule has 1 aliphatic rings. The molecule has 64 valence electrons. The van der Waals surface area contributed by atoms with Crippen LogP contribution in [0.25, 0.3) is 5.03 Å². The van der Waals surface area contributed by atoms with Crippen molar-refractivity contribution in [3.63, 3.8) is 0 Å². The van der Waals surface area contributed by atoms with Crippen LogP contribution in [0.5, 0.6) is 0 Å². The Balaban J connectivity index is 2.68. The highest BCUT2D eigenvalue weighted by Gasteiger charge is 2.30. The number of rotatable bonds is 0. The quantitative estimate of drug-likeness (QED) is 0.729. The first-order valence-electron chi connectivity index (χ1n) is 3.19. The molecule has 0 aliphatic carbocycles. The molecule has 12 heavy (non-hydrogen) atoms. The second-order valence-electron chi connectivity index (χ2n) is 2.37. The van der Waals surface area contributed by atoms with Gasteiger partial charge in [-0.05, 0) is 22.8 Å².